The van der Waals surface area contributed by atoms with Crippen molar-refractivity contribution in [2.75, 3.05) is 11.4 Å². The van der Waals surface area contributed by atoms with Crippen LogP contribution in [0.25, 0.3) is 0 Å². The predicted octanol–water partition coefficient (Wildman–Crippen LogP) is 1.61. The third-order valence-corrected chi connectivity index (χ3v) is 4.81. The van der Waals surface area contributed by atoms with Gasteiger partial charge in [-0.25, -0.2) is 8.42 Å². The Balaban J connectivity index is 2.43. The molecule has 0 unspecified atom stereocenters. The van der Waals surface area contributed by atoms with E-state index >= 15 is 0 Å². The molecule has 0 amide bonds. The van der Waals surface area contributed by atoms with Gasteiger partial charge in [-0.3, -0.25) is 4.31 Å². The van der Waals surface area contributed by atoms with Crippen LogP contribution in [0.1, 0.15) is 5.56 Å². The number of anilines is 1. The number of hydrogen-bond donors (Lipinski definition) is 2. The van der Waals surface area contributed by atoms with Crippen LogP contribution in [0.2, 0.25) is 0 Å². The van der Waals surface area contributed by atoms with Crippen LogP contribution in [0.4, 0.5) is 5.69 Å². The summed E-state index contributed by atoms with van der Waals surface area (Å²) in [6.07, 6.45) is 0. The monoisotopic (exact) mass is 305 g/mol. The number of sulfonamides is 1. The van der Waals surface area contributed by atoms with Crippen molar-refractivity contribution in [2.45, 2.75) is 4.90 Å². The first kappa shape index (κ1) is 14.9. The molecule has 2 aromatic rings. The third-order valence-electron chi connectivity index (χ3n) is 3.01. The summed E-state index contributed by atoms with van der Waals surface area (Å²) in [5.74, 6) is -0.0811. The second-order valence-corrected chi connectivity index (χ2v) is 6.29. The summed E-state index contributed by atoms with van der Waals surface area (Å²) >= 11 is 0. The van der Waals surface area contributed by atoms with Gasteiger partial charge in [0, 0.05) is 12.6 Å². The van der Waals surface area contributed by atoms with Gasteiger partial charge in [-0.05, 0) is 24.3 Å². The lowest BCUT2D eigenvalue weighted by Gasteiger charge is -2.20. The lowest BCUT2D eigenvalue weighted by atomic mass is 10.2. The van der Waals surface area contributed by atoms with Gasteiger partial charge in [0.15, 0.2) is 5.84 Å². The largest absolute Gasteiger partial charge is 0.409 e. The quantitative estimate of drug-likeness (QED) is 0.388. The highest BCUT2D eigenvalue weighted by molar-refractivity contribution is 7.92. The average molecular weight is 305 g/mol. The van der Waals surface area contributed by atoms with Crippen molar-refractivity contribution in [3.05, 3.63) is 60.2 Å². The maximum atomic E-state index is 12.5. The van der Waals surface area contributed by atoms with Crippen LogP contribution in [0.5, 0.6) is 0 Å². The van der Waals surface area contributed by atoms with Crippen molar-refractivity contribution in [1.82, 2.24) is 0 Å². The van der Waals surface area contributed by atoms with Gasteiger partial charge in [0.2, 0.25) is 0 Å². The summed E-state index contributed by atoms with van der Waals surface area (Å²) in [7, 11) is -2.20. The van der Waals surface area contributed by atoms with Gasteiger partial charge in [0.05, 0.1) is 10.6 Å². The molecule has 2 aromatic carbocycles. The van der Waals surface area contributed by atoms with Crippen molar-refractivity contribution >= 4 is 21.5 Å². The van der Waals surface area contributed by atoms with Gasteiger partial charge in [-0.1, -0.05) is 35.5 Å². The highest BCUT2D eigenvalue weighted by Gasteiger charge is 2.21. The highest BCUT2D eigenvalue weighted by atomic mass is 32.2. The Morgan fingerprint density at radius 1 is 1.14 bits per heavy atom. The van der Waals surface area contributed by atoms with Gasteiger partial charge in [-0.2, -0.15) is 0 Å². The van der Waals surface area contributed by atoms with Crippen LogP contribution >= 0.6 is 0 Å². The zero-order valence-corrected chi connectivity index (χ0v) is 12.2. The van der Waals surface area contributed by atoms with E-state index in [1.165, 1.54) is 25.2 Å². The molecule has 0 aliphatic rings. The van der Waals surface area contributed by atoms with Crippen LogP contribution < -0.4 is 10.0 Å². The smallest absolute Gasteiger partial charge is 0.264 e. The Bertz CT molecular complexity index is 758. The Labute approximate surface area is 123 Å². The Hall–Kier alpha value is -2.54. The Morgan fingerprint density at radius 3 is 2.43 bits per heavy atom. The van der Waals surface area contributed by atoms with Crippen LogP contribution in [0, 0.1) is 0 Å². The fourth-order valence-corrected chi connectivity index (χ4v) is 3.02. The normalized spacial score (nSPS) is 12.1. The first-order valence-electron chi connectivity index (χ1n) is 6.09. The number of nitrogens with two attached hydrogens (primary N) is 1. The minimum Gasteiger partial charge on any atom is -0.409 e. The summed E-state index contributed by atoms with van der Waals surface area (Å²) in [5, 5.41) is 11.6. The summed E-state index contributed by atoms with van der Waals surface area (Å²) in [4.78, 5) is 0.196. The fourth-order valence-electron chi connectivity index (χ4n) is 1.81. The number of amidine groups is 1. The van der Waals surface area contributed by atoms with Crippen molar-refractivity contribution in [2.24, 2.45) is 10.9 Å². The molecular formula is C14H15N3O3S. The van der Waals surface area contributed by atoms with E-state index in [1.807, 2.05) is 0 Å². The third kappa shape index (κ3) is 2.97. The molecule has 0 fully saturated rings. The Kier molecular flexibility index (Phi) is 4.13. The zero-order chi connectivity index (χ0) is 15.5. The molecule has 6 nitrogen and oxygen atoms in total. The van der Waals surface area contributed by atoms with Crippen LogP contribution in [0.15, 0.2) is 64.6 Å². The molecule has 21 heavy (non-hydrogen) atoms. The van der Waals surface area contributed by atoms with E-state index in [0.717, 1.165) is 4.31 Å². The van der Waals surface area contributed by atoms with Gasteiger partial charge in [-0.15, -0.1) is 0 Å². The highest BCUT2D eigenvalue weighted by Crippen LogP contribution is 2.22. The molecule has 7 heteroatoms. The van der Waals surface area contributed by atoms with E-state index in [0.29, 0.717) is 11.3 Å². The standard InChI is InChI=1S/C14H15N3O3S/c1-17(21(19,20)13-8-3-2-4-9-13)12-7-5-6-11(10-12)14(15)16-18/h2-10,18H,1H3,(H2,15,16). The van der Waals surface area contributed by atoms with Crippen molar-refractivity contribution in [1.29, 1.82) is 0 Å². The molecule has 0 heterocycles. The van der Waals surface area contributed by atoms with Gasteiger partial charge in [0.25, 0.3) is 10.0 Å². The lowest BCUT2D eigenvalue weighted by Crippen LogP contribution is -2.27. The molecule has 3 N–H and O–H groups in total. The SMILES string of the molecule is CN(c1cccc(C(N)=NO)c1)S(=O)(=O)c1ccccc1. The minimum atomic E-state index is -3.65. The average Bonchev–Trinajstić information content (AvgIpc) is 2.54. The lowest BCUT2D eigenvalue weighted by molar-refractivity contribution is 0.318. The van der Waals surface area contributed by atoms with Crippen molar-refractivity contribution < 1.29 is 13.6 Å². The summed E-state index contributed by atoms with van der Waals surface area (Å²) < 4.78 is 26.1. The minimum absolute atomic E-state index is 0.0811. The van der Waals surface area contributed by atoms with E-state index in [1.54, 1.807) is 36.4 Å². The topological polar surface area (TPSA) is 96.0 Å². The molecule has 2 rings (SSSR count). The number of nitrogens with zero attached hydrogens (tertiary/aromatic N) is 2. The molecular weight excluding hydrogens is 290 g/mol. The molecule has 0 spiro atoms. The van der Waals surface area contributed by atoms with Crippen molar-refractivity contribution in [3.63, 3.8) is 0 Å². The fraction of sp³-hybridized carbons (Fsp3) is 0.0714. The van der Waals surface area contributed by atoms with Gasteiger partial charge < -0.3 is 10.9 Å². The number of hydrogen-bond acceptors (Lipinski definition) is 4. The number of rotatable bonds is 4. The van der Waals surface area contributed by atoms with E-state index in [9.17, 15) is 8.42 Å². The zero-order valence-electron chi connectivity index (χ0n) is 11.3. The predicted molar refractivity (Wildman–Crippen MR) is 81.0 cm³/mol. The maximum Gasteiger partial charge on any atom is 0.264 e. The summed E-state index contributed by atoms with van der Waals surface area (Å²) in [5.41, 5.74) is 6.37. The van der Waals surface area contributed by atoms with Gasteiger partial charge >= 0.3 is 0 Å². The van der Waals surface area contributed by atoms with E-state index in [-0.39, 0.29) is 10.7 Å². The number of oxime groups is 1. The molecule has 0 aliphatic carbocycles. The maximum absolute atomic E-state index is 12.5. The molecule has 0 radical (unpaired) electrons. The van der Waals surface area contributed by atoms with Gasteiger partial charge in [0.1, 0.15) is 0 Å². The van der Waals surface area contributed by atoms with Crippen molar-refractivity contribution in [3.8, 4) is 0 Å². The molecule has 0 bridgehead atoms. The van der Waals surface area contributed by atoms with E-state index in [4.69, 9.17) is 10.9 Å². The molecule has 0 aromatic heterocycles. The van der Waals surface area contributed by atoms with E-state index < -0.39 is 10.0 Å². The summed E-state index contributed by atoms with van der Waals surface area (Å²) in [6.45, 7) is 0. The van der Waals surface area contributed by atoms with E-state index in [2.05, 4.69) is 5.16 Å². The Morgan fingerprint density at radius 2 is 1.81 bits per heavy atom. The van der Waals surface area contributed by atoms with Crippen LogP contribution in [0.3, 0.4) is 0 Å². The van der Waals surface area contributed by atoms with Crippen LogP contribution in [-0.4, -0.2) is 26.5 Å². The second kappa shape index (κ2) is 5.84. The summed E-state index contributed by atoms with van der Waals surface area (Å²) in [6, 6.07) is 14.6. The first-order chi connectivity index (χ1) is 9.96. The number of benzene rings is 2. The second-order valence-electron chi connectivity index (χ2n) is 4.32. The molecule has 0 aliphatic heterocycles. The molecule has 0 saturated carbocycles. The molecule has 0 saturated heterocycles. The molecule has 0 atom stereocenters. The van der Waals surface area contributed by atoms with Crippen LogP contribution in [-0.2, 0) is 10.0 Å². The molecule has 110 valence electrons. The first-order valence-corrected chi connectivity index (χ1v) is 7.53.